The van der Waals surface area contributed by atoms with Crippen molar-refractivity contribution in [3.8, 4) is 0 Å². The third-order valence-corrected chi connectivity index (χ3v) is 8.56. The van der Waals surface area contributed by atoms with E-state index in [9.17, 15) is 9.36 Å². The molecule has 1 saturated carbocycles. The number of allylic oxidation sites excluding steroid dienone is 1. The Balaban J connectivity index is 1.50. The van der Waals surface area contributed by atoms with Crippen LogP contribution in [0.5, 0.6) is 0 Å². The van der Waals surface area contributed by atoms with Crippen LogP contribution >= 0.6 is 7.80 Å². The molecule has 0 amide bonds. The molecule has 1 aromatic carbocycles. The van der Waals surface area contributed by atoms with Crippen molar-refractivity contribution < 1.29 is 9.36 Å². The van der Waals surface area contributed by atoms with Gasteiger partial charge in [0.15, 0.2) is 0 Å². The largest absolute Gasteiger partial charge is 0.327 e. The lowest BCUT2D eigenvalue weighted by Gasteiger charge is -2.17. The molecular formula is C23H31O2P. The van der Waals surface area contributed by atoms with Gasteiger partial charge in [0.25, 0.3) is 0 Å². The number of carbonyl (C=O) groups excluding carboxylic acids is 1. The van der Waals surface area contributed by atoms with Crippen LogP contribution in [0.15, 0.2) is 29.8 Å². The Hall–Kier alpha value is -1.14. The number of hydrogen-bond donors (Lipinski definition) is 0. The first-order valence-electron chi connectivity index (χ1n) is 10.5. The molecule has 26 heavy (non-hydrogen) atoms. The van der Waals surface area contributed by atoms with E-state index in [0.29, 0.717) is 24.0 Å². The van der Waals surface area contributed by atoms with Crippen LogP contribution in [0.2, 0.25) is 0 Å². The second-order valence-electron chi connectivity index (χ2n) is 8.66. The standard InChI is InChI=1S/C23H31O2P/c24-21-10-9-20-16-19-4-1-2-5-22(19)23(20)6-3-12-26(25)13-11-17-7-8-18(14-17)15-21/h1-2,4-5,16-18,23,26H,3,6-15H2. The molecule has 1 aliphatic heterocycles. The summed E-state index contributed by atoms with van der Waals surface area (Å²) in [5.74, 6) is 2.21. The van der Waals surface area contributed by atoms with Gasteiger partial charge < -0.3 is 4.57 Å². The summed E-state index contributed by atoms with van der Waals surface area (Å²) in [5.41, 5.74) is 4.17. The first-order valence-corrected chi connectivity index (χ1v) is 12.3. The van der Waals surface area contributed by atoms with Crippen LogP contribution in [-0.2, 0) is 9.36 Å². The van der Waals surface area contributed by atoms with Crippen molar-refractivity contribution >= 4 is 19.7 Å². The number of benzene rings is 1. The first kappa shape index (κ1) is 18.2. The smallest absolute Gasteiger partial charge is 0.133 e. The quantitative estimate of drug-likeness (QED) is 0.520. The van der Waals surface area contributed by atoms with Gasteiger partial charge in [0.05, 0.1) is 7.80 Å². The number of Topliss-reactive ketones (excluding diaryl/α,β-unsaturated/α-hetero) is 1. The van der Waals surface area contributed by atoms with Gasteiger partial charge in [-0.2, -0.15) is 0 Å². The van der Waals surface area contributed by atoms with Crippen molar-refractivity contribution in [3.63, 3.8) is 0 Å². The molecular weight excluding hydrogens is 339 g/mol. The lowest BCUT2D eigenvalue weighted by molar-refractivity contribution is -0.119. The molecule has 4 rings (SSSR count). The van der Waals surface area contributed by atoms with Crippen LogP contribution in [0.25, 0.3) is 6.08 Å². The van der Waals surface area contributed by atoms with E-state index >= 15 is 0 Å². The van der Waals surface area contributed by atoms with E-state index in [1.165, 1.54) is 36.0 Å². The summed E-state index contributed by atoms with van der Waals surface area (Å²) in [5, 5.41) is 0. The fraction of sp³-hybridized carbons (Fsp3) is 0.609. The highest BCUT2D eigenvalue weighted by atomic mass is 31.1. The molecule has 1 saturated heterocycles. The van der Waals surface area contributed by atoms with Crippen LogP contribution < -0.4 is 0 Å². The van der Waals surface area contributed by atoms with E-state index < -0.39 is 7.80 Å². The van der Waals surface area contributed by atoms with Crippen molar-refractivity contribution in [2.24, 2.45) is 11.8 Å². The number of rotatable bonds is 0. The third kappa shape index (κ3) is 4.22. The lowest BCUT2D eigenvalue weighted by Crippen LogP contribution is -2.07. The average molecular weight is 370 g/mol. The van der Waals surface area contributed by atoms with Crippen molar-refractivity contribution in [1.29, 1.82) is 0 Å². The summed E-state index contributed by atoms with van der Waals surface area (Å²) < 4.78 is 12.5. The SMILES string of the molecule is O=C1CCC2=Cc3ccccc3C2CCC[PH](=O)CCC2CCC(C1)C2. The Labute approximate surface area is 158 Å². The maximum Gasteiger partial charge on any atom is 0.133 e. The van der Waals surface area contributed by atoms with E-state index in [0.717, 1.165) is 50.3 Å². The summed E-state index contributed by atoms with van der Waals surface area (Å²) >= 11 is 0. The minimum absolute atomic E-state index is 0.440. The number of carbonyl (C=O) groups is 1. The lowest BCUT2D eigenvalue weighted by atomic mass is 9.88. The van der Waals surface area contributed by atoms with Gasteiger partial charge in [-0.15, -0.1) is 0 Å². The summed E-state index contributed by atoms with van der Waals surface area (Å²) in [6.07, 6.45) is 13.4. The molecule has 4 atom stereocenters. The van der Waals surface area contributed by atoms with Crippen LogP contribution in [0.1, 0.15) is 74.8 Å². The number of hydrogen-bond acceptors (Lipinski definition) is 2. The molecule has 0 aromatic heterocycles. The molecule has 4 unspecified atom stereocenters. The zero-order valence-electron chi connectivity index (χ0n) is 15.7. The fourth-order valence-electron chi connectivity index (χ4n) is 5.37. The third-order valence-electron chi connectivity index (χ3n) is 6.80. The molecule has 140 valence electrons. The van der Waals surface area contributed by atoms with E-state index in [-0.39, 0.29) is 0 Å². The molecule has 2 bridgehead atoms. The Kier molecular flexibility index (Phi) is 5.79. The molecule has 3 aliphatic rings. The zero-order chi connectivity index (χ0) is 17.9. The van der Waals surface area contributed by atoms with Gasteiger partial charge in [-0.05, 0) is 73.8 Å². The Bertz CT molecular complexity index is 721. The van der Waals surface area contributed by atoms with Gasteiger partial charge in [-0.3, -0.25) is 4.79 Å². The minimum atomic E-state index is -1.42. The van der Waals surface area contributed by atoms with Crippen LogP contribution in [0, 0.1) is 11.8 Å². The van der Waals surface area contributed by atoms with Gasteiger partial charge in [0.2, 0.25) is 0 Å². The molecule has 0 N–H and O–H groups in total. The first-order chi connectivity index (χ1) is 12.7. The molecule has 2 nitrogen and oxygen atoms in total. The fourth-order valence-corrected chi connectivity index (χ4v) is 6.95. The maximum absolute atomic E-state index is 12.5. The monoisotopic (exact) mass is 370 g/mol. The van der Waals surface area contributed by atoms with Crippen molar-refractivity contribution in [1.82, 2.24) is 0 Å². The van der Waals surface area contributed by atoms with Crippen LogP contribution in [0.3, 0.4) is 0 Å². The second kappa shape index (κ2) is 8.26. The average Bonchev–Trinajstić information content (AvgIpc) is 3.22. The Morgan fingerprint density at radius 2 is 1.77 bits per heavy atom. The molecule has 2 aliphatic carbocycles. The van der Waals surface area contributed by atoms with E-state index in [4.69, 9.17) is 0 Å². The summed E-state index contributed by atoms with van der Waals surface area (Å²) in [7, 11) is -1.42. The van der Waals surface area contributed by atoms with Crippen molar-refractivity contribution in [2.45, 2.75) is 63.7 Å². The predicted molar refractivity (Wildman–Crippen MR) is 109 cm³/mol. The molecule has 0 radical (unpaired) electrons. The molecule has 0 spiro atoms. The van der Waals surface area contributed by atoms with Crippen LogP contribution in [0.4, 0.5) is 0 Å². The van der Waals surface area contributed by atoms with E-state index in [2.05, 4.69) is 30.3 Å². The topological polar surface area (TPSA) is 34.1 Å². The van der Waals surface area contributed by atoms with Gasteiger partial charge in [-0.1, -0.05) is 42.3 Å². The minimum Gasteiger partial charge on any atom is -0.327 e. The van der Waals surface area contributed by atoms with E-state index in [1.54, 1.807) is 0 Å². The van der Waals surface area contributed by atoms with Gasteiger partial charge >= 0.3 is 0 Å². The summed E-state index contributed by atoms with van der Waals surface area (Å²) in [6.45, 7) is 0. The summed E-state index contributed by atoms with van der Waals surface area (Å²) in [6, 6.07) is 8.65. The van der Waals surface area contributed by atoms with Crippen molar-refractivity contribution in [2.75, 3.05) is 12.3 Å². The molecule has 1 aromatic rings. The molecule has 3 heteroatoms. The second-order valence-corrected chi connectivity index (χ2v) is 10.7. The van der Waals surface area contributed by atoms with Gasteiger partial charge in [0, 0.05) is 18.8 Å². The zero-order valence-corrected chi connectivity index (χ0v) is 16.7. The Morgan fingerprint density at radius 3 is 2.69 bits per heavy atom. The number of fused-ring (bicyclic) bond motifs is 5. The van der Waals surface area contributed by atoms with Gasteiger partial charge in [-0.25, -0.2) is 0 Å². The molecule has 2 fully saturated rings. The molecule has 1 heterocycles. The highest BCUT2D eigenvalue weighted by molar-refractivity contribution is 7.44. The predicted octanol–water partition coefficient (Wildman–Crippen LogP) is 6.07. The van der Waals surface area contributed by atoms with E-state index in [1.807, 2.05) is 0 Å². The summed E-state index contributed by atoms with van der Waals surface area (Å²) in [4.78, 5) is 12.5. The normalized spacial score (nSPS) is 32.9. The Morgan fingerprint density at radius 1 is 0.923 bits per heavy atom. The highest BCUT2D eigenvalue weighted by Crippen LogP contribution is 2.43. The van der Waals surface area contributed by atoms with Gasteiger partial charge in [0.1, 0.15) is 5.78 Å². The highest BCUT2D eigenvalue weighted by Gasteiger charge is 2.28. The van der Waals surface area contributed by atoms with Crippen molar-refractivity contribution in [3.05, 3.63) is 41.0 Å². The van der Waals surface area contributed by atoms with Crippen LogP contribution in [-0.4, -0.2) is 18.1 Å². The number of ketones is 1. The maximum atomic E-state index is 12.5.